The van der Waals surface area contributed by atoms with Crippen molar-refractivity contribution in [3.05, 3.63) is 301 Å². The Morgan fingerprint density at radius 3 is 1.46 bits per heavy atom. The third-order valence-electron chi connectivity index (χ3n) is 15.0. The van der Waals surface area contributed by atoms with Crippen LogP contribution in [-0.4, -0.2) is 4.57 Å². The first kappa shape index (κ1) is 40.8. The van der Waals surface area contributed by atoms with Gasteiger partial charge in [-0.1, -0.05) is 224 Å². The van der Waals surface area contributed by atoms with E-state index in [2.05, 4.69) is 289 Å². The molecule has 0 spiro atoms. The molecule has 0 saturated carbocycles. The lowest BCUT2D eigenvalue weighted by Crippen LogP contribution is -2.28. The van der Waals surface area contributed by atoms with Gasteiger partial charge in [0.2, 0.25) is 0 Å². The summed E-state index contributed by atoms with van der Waals surface area (Å²) in [6, 6.07) is 103. The first-order valence-corrected chi connectivity index (χ1v) is 24.6. The van der Waals surface area contributed by atoms with Crippen molar-refractivity contribution in [2.45, 2.75) is 5.41 Å². The number of nitrogens with zero attached hydrogens (tertiary/aromatic N) is 2. The van der Waals surface area contributed by atoms with Crippen molar-refractivity contribution < 1.29 is 0 Å². The van der Waals surface area contributed by atoms with E-state index in [1.165, 1.54) is 99.0 Å². The summed E-state index contributed by atoms with van der Waals surface area (Å²) < 4.78 is 2.55. The van der Waals surface area contributed by atoms with Crippen LogP contribution in [0.1, 0.15) is 22.3 Å². The molecule has 332 valence electrons. The standard InChI is InChI=1S/C69H46N2/c1-5-21-51(22-6-1)69(52-23-7-2-8-24-52)64-44-40-56(46-63(64)67-59-31-15-13-19-47(59)37-43-65(67)69)71-66-45-50(36-41-61(66)62-42-35-48-20-14-16-32-60(48)68(62)71)58-30-18-17-29-57(58)49-33-38-55(39-34-49)70(53-25-9-3-10-26-53)54-27-11-4-12-28-54/h1-46H. The van der Waals surface area contributed by atoms with Gasteiger partial charge in [0.05, 0.1) is 16.4 Å². The first-order chi connectivity index (χ1) is 35.2. The zero-order valence-corrected chi connectivity index (χ0v) is 39.0. The predicted molar refractivity (Wildman–Crippen MR) is 299 cm³/mol. The number of hydrogen-bond donors (Lipinski definition) is 0. The predicted octanol–water partition coefficient (Wildman–Crippen LogP) is 18.3. The van der Waals surface area contributed by atoms with Crippen LogP contribution in [0.3, 0.4) is 0 Å². The van der Waals surface area contributed by atoms with Crippen LogP contribution in [0.15, 0.2) is 279 Å². The summed E-state index contributed by atoms with van der Waals surface area (Å²) in [7, 11) is 0. The van der Waals surface area contributed by atoms with Crippen LogP contribution in [0.5, 0.6) is 0 Å². The largest absolute Gasteiger partial charge is 0.311 e. The highest BCUT2D eigenvalue weighted by Crippen LogP contribution is 2.58. The second-order valence-electron chi connectivity index (χ2n) is 18.8. The van der Waals surface area contributed by atoms with Gasteiger partial charge in [0.15, 0.2) is 0 Å². The van der Waals surface area contributed by atoms with Crippen molar-refractivity contribution in [3.63, 3.8) is 0 Å². The minimum atomic E-state index is -0.514. The summed E-state index contributed by atoms with van der Waals surface area (Å²) >= 11 is 0. The maximum Gasteiger partial charge on any atom is 0.0713 e. The Balaban J connectivity index is 0.980. The molecule has 0 amide bonds. The van der Waals surface area contributed by atoms with Gasteiger partial charge in [-0.2, -0.15) is 0 Å². The van der Waals surface area contributed by atoms with E-state index in [-0.39, 0.29) is 0 Å². The molecular formula is C69H46N2. The molecule has 0 fully saturated rings. The molecule has 0 aliphatic heterocycles. The number of fused-ring (bicyclic) bond motifs is 10. The summed E-state index contributed by atoms with van der Waals surface area (Å²) in [6.45, 7) is 0. The average molecular weight is 903 g/mol. The molecule has 1 heterocycles. The van der Waals surface area contributed by atoms with Crippen LogP contribution in [0, 0.1) is 0 Å². The fourth-order valence-electron chi connectivity index (χ4n) is 12.0. The number of aromatic nitrogens is 1. The van der Waals surface area contributed by atoms with Gasteiger partial charge in [0, 0.05) is 38.9 Å². The molecule has 14 rings (SSSR count). The Morgan fingerprint density at radius 2 is 0.803 bits per heavy atom. The van der Waals surface area contributed by atoms with E-state index in [1.54, 1.807) is 0 Å². The number of para-hydroxylation sites is 2. The summed E-state index contributed by atoms with van der Waals surface area (Å²) in [5.74, 6) is 0. The lowest BCUT2D eigenvalue weighted by molar-refractivity contribution is 0.769. The maximum absolute atomic E-state index is 2.55. The number of hydrogen-bond acceptors (Lipinski definition) is 1. The molecule has 12 aromatic carbocycles. The van der Waals surface area contributed by atoms with E-state index in [0.29, 0.717) is 0 Å². The summed E-state index contributed by atoms with van der Waals surface area (Å²) in [6.07, 6.45) is 0. The lowest BCUT2D eigenvalue weighted by Gasteiger charge is -2.34. The van der Waals surface area contributed by atoms with Gasteiger partial charge >= 0.3 is 0 Å². The van der Waals surface area contributed by atoms with Crippen LogP contribution >= 0.6 is 0 Å². The van der Waals surface area contributed by atoms with E-state index in [4.69, 9.17) is 0 Å². The molecule has 13 aromatic rings. The Bertz CT molecular complexity index is 4060. The highest BCUT2D eigenvalue weighted by molar-refractivity contribution is 6.19. The molecule has 2 nitrogen and oxygen atoms in total. The van der Waals surface area contributed by atoms with Crippen LogP contribution in [0.2, 0.25) is 0 Å². The molecule has 0 radical (unpaired) electrons. The van der Waals surface area contributed by atoms with E-state index in [1.807, 2.05) is 0 Å². The van der Waals surface area contributed by atoms with Gasteiger partial charge in [-0.15, -0.1) is 0 Å². The fraction of sp³-hybridized carbons (Fsp3) is 0.0145. The monoisotopic (exact) mass is 902 g/mol. The Labute approximate surface area is 413 Å². The second kappa shape index (κ2) is 16.5. The maximum atomic E-state index is 2.55. The van der Waals surface area contributed by atoms with Crippen LogP contribution in [0.25, 0.3) is 82.4 Å². The van der Waals surface area contributed by atoms with E-state index in [9.17, 15) is 0 Å². The van der Waals surface area contributed by atoms with Crippen LogP contribution < -0.4 is 4.90 Å². The highest BCUT2D eigenvalue weighted by Gasteiger charge is 2.46. The fourth-order valence-corrected chi connectivity index (χ4v) is 12.0. The van der Waals surface area contributed by atoms with Crippen LogP contribution in [-0.2, 0) is 5.41 Å². The second-order valence-corrected chi connectivity index (χ2v) is 18.8. The zero-order chi connectivity index (χ0) is 46.9. The summed E-state index contributed by atoms with van der Waals surface area (Å²) in [5.41, 5.74) is 18.8. The third kappa shape index (κ3) is 6.35. The minimum Gasteiger partial charge on any atom is -0.311 e. The van der Waals surface area contributed by atoms with Crippen molar-refractivity contribution in [3.8, 4) is 39.1 Å². The van der Waals surface area contributed by atoms with E-state index >= 15 is 0 Å². The third-order valence-corrected chi connectivity index (χ3v) is 15.0. The van der Waals surface area contributed by atoms with E-state index in [0.717, 1.165) is 22.7 Å². The van der Waals surface area contributed by atoms with Gasteiger partial charge < -0.3 is 9.47 Å². The van der Waals surface area contributed by atoms with Crippen molar-refractivity contribution in [1.82, 2.24) is 4.57 Å². The normalized spacial score (nSPS) is 12.6. The molecule has 0 saturated heterocycles. The molecule has 1 aromatic heterocycles. The highest BCUT2D eigenvalue weighted by atomic mass is 15.1. The number of benzene rings is 12. The quantitative estimate of drug-likeness (QED) is 0.147. The van der Waals surface area contributed by atoms with Gasteiger partial charge in [0.25, 0.3) is 0 Å². The first-order valence-electron chi connectivity index (χ1n) is 24.6. The van der Waals surface area contributed by atoms with E-state index < -0.39 is 5.41 Å². The average Bonchev–Trinajstić information content (AvgIpc) is 3.95. The Hall–Kier alpha value is -9.24. The molecule has 0 N–H and O–H groups in total. The Morgan fingerprint density at radius 1 is 0.310 bits per heavy atom. The van der Waals surface area contributed by atoms with Gasteiger partial charge in [-0.3, -0.25) is 0 Å². The minimum absolute atomic E-state index is 0.514. The van der Waals surface area contributed by atoms with Crippen LogP contribution in [0.4, 0.5) is 17.1 Å². The molecule has 71 heavy (non-hydrogen) atoms. The SMILES string of the molecule is c1ccc(N(c2ccccc2)c2ccc(-c3ccccc3-c3ccc4c5ccc6ccccc6c5n(-c5ccc6c(c5)-c5c(ccc7ccccc57)C6(c5ccccc5)c5ccccc5)c4c3)cc2)cc1. The Kier molecular flexibility index (Phi) is 9.47. The van der Waals surface area contributed by atoms with Crippen molar-refractivity contribution in [2.75, 3.05) is 4.90 Å². The lowest BCUT2D eigenvalue weighted by atomic mass is 9.67. The van der Waals surface area contributed by atoms with Crippen molar-refractivity contribution in [1.29, 1.82) is 0 Å². The number of rotatable bonds is 8. The van der Waals surface area contributed by atoms with Gasteiger partial charge in [-0.05, 0) is 126 Å². The molecule has 0 bridgehead atoms. The van der Waals surface area contributed by atoms with Gasteiger partial charge in [-0.25, -0.2) is 0 Å². The smallest absolute Gasteiger partial charge is 0.0713 e. The molecule has 0 unspecified atom stereocenters. The molecule has 0 atom stereocenters. The summed E-state index contributed by atoms with van der Waals surface area (Å²) in [5, 5.41) is 7.44. The molecule has 2 heteroatoms. The van der Waals surface area contributed by atoms with Crippen molar-refractivity contribution in [2.24, 2.45) is 0 Å². The molecule has 1 aliphatic carbocycles. The number of anilines is 3. The summed E-state index contributed by atoms with van der Waals surface area (Å²) in [4.78, 5) is 2.31. The topological polar surface area (TPSA) is 8.17 Å². The molecular weight excluding hydrogens is 857 g/mol. The molecule has 1 aliphatic rings. The zero-order valence-electron chi connectivity index (χ0n) is 39.0. The van der Waals surface area contributed by atoms with Gasteiger partial charge in [0.1, 0.15) is 0 Å². The van der Waals surface area contributed by atoms with Crippen molar-refractivity contribution >= 4 is 60.4 Å².